The van der Waals surface area contributed by atoms with Crippen molar-refractivity contribution < 1.29 is 17.6 Å². The highest BCUT2D eigenvalue weighted by atomic mass is 32.2. The smallest absolute Gasteiger partial charge is 0.273 e. The number of amides is 1. The Morgan fingerprint density at radius 1 is 1.33 bits per heavy atom. The minimum absolute atomic E-state index is 0.111. The van der Waals surface area contributed by atoms with E-state index in [1.165, 1.54) is 40.8 Å². The van der Waals surface area contributed by atoms with Crippen molar-refractivity contribution in [3.63, 3.8) is 0 Å². The SMILES string of the molecule is CC(=O)NCCc1ccc(S(=O)(=O)N2CCc3cc(F)ccc32)s1. The number of halogens is 1. The summed E-state index contributed by atoms with van der Waals surface area (Å²) in [6.45, 7) is 2.24. The molecule has 0 aliphatic carbocycles. The fourth-order valence-corrected chi connectivity index (χ4v) is 5.66. The molecule has 0 fully saturated rings. The van der Waals surface area contributed by atoms with Crippen LogP contribution in [0.4, 0.5) is 10.1 Å². The number of carbonyl (C=O) groups is 1. The normalized spacial score (nSPS) is 13.8. The van der Waals surface area contributed by atoms with Crippen LogP contribution in [0.3, 0.4) is 0 Å². The summed E-state index contributed by atoms with van der Waals surface area (Å²) in [5.41, 5.74) is 1.26. The molecule has 128 valence electrons. The molecule has 1 aliphatic heterocycles. The molecule has 0 unspecified atom stereocenters. The van der Waals surface area contributed by atoms with Crippen LogP contribution in [0.1, 0.15) is 17.4 Å². The van der Waals surface area contributed by atoms with Crippen LogP contribution in [0.5, 0.6) is 0 Å². The molecule has 1 aromatic carbocycles. The van der Waals surface area contributed by atoms with Crippen LogP contribution in [-0.4, -0.2) is 27.4 Å². The maximum atomic E-state index is 13.3. The lowest BCUT2D eigenvalue weighted by Gasteiger charge is -2.18. The van der Waals surface area contributed by atoms with Crippen molar-refractivity contribution in [2.45, 2.75) is 24.0 Å². The monoisotopic (exact) mass is 368 g/mol. The summed E-state index contributed by atoms with van der Waals surface area (Å²) in [4.78, 5) is 11.8. The second-order valence-electron chi connectivity index (χ2n) is 5.55. The first-order valence-electron chi connectivity index (χ1n) is 7.52. The molecule has 5 nitrogen and oxygen atoms in total. The average molecular weight is 368 g/mol. The minimum atomic E-state index is -3.64. The molecule has 0 saturated heterocycles. The van der Waals surface area contributed by atoms with Gasteiger partial charge in [-0.15, -0.1) is 11.3 Å². The number of nitrogens with zero attached hydrogens (tertiary/aromatic N) is 1. The molecular formula is C16H17FN2O3S2. The standard InChI is InChI=1S/C16H17FN2O3S2/c1-11(20)18-8-6-14-3-5-16(23-14)24(21,22)19-9-7-12-10-13(17)2-4-15(12)19/h2-5,10H,6-9H2,1H3,(H,18,20). The maximum absolute atomic E-state index is 13.3. The predicted molar refractivity (Wildman–Crippen MR) is 91.3 cm³/mol. The van der Waals surface area contributed by atoms with Gasteiger partial charge in [0, 0.05) is 24.9 Å². The number of anilines is 1. The summed E-state index contributed by atoms with van der Waals surface area (Å²) in [5.74, 6) is -0.468. The minimum Gasteiger partial charge on any atom is -0.356 e. The van der Waals surface area contributed by atoms with Crippen LogP contribution in [0.2, 0.25) is 0 Å². The van der Waals surface area contributed by atoms with Crippen molar-refractivity contribution >= 4 is 33.0 Å². The average Bonchev–Trinajstić information content (AvgIpc) is 3.13. The number of thiophene rings is 1. The van der Waals surface area contributed by atoms with Gasteiger partial charge in [0.05, 0.1) is 5.69 Å². The van der Waals surface area contributed by atoms with Gasteiger partial charge in [0.1, 0.15) is 10.0 Å². The lowest BCUT2D eigenvalue weighted by molar-refractivity contribution is -0.118. The van der Waals surface area contributed by atoms with Gasteiger partial charge < -0.3 is 5.32 Å². The van der Waals surface area contributed by atoms with E-state index in [0.29, 0.717) is 37.2 Å². The molecule has 2 heterocycles. The highest BCUT2D eigenvalue weighted by Crippen LogP contribution is 2.35. The summed E-state index contributed by atoms with van der Waals surface area (Å²) in [7, 11) is -3.64. The molecular weight excluding hydrogens is 351 g/mol. The summed E-state index contributed by atoms with van der Waals surface area (Å²) in [6, 6.07) is 7.53. The van der Waals surface area contributed by atoms with Crippen LogP contribution in [0.15, 0.2) is 34.5 Å². The third kappa shape index (κ3) is 3.29. The zero-order valence-electron chi connectivity index (χ0n) is 13.1. The Morgan fingerprint density at radius 3 is 2.88 bits per heavy atom. The second kappa shape index (κ2) is 6.52. The molecule has 0 radical (unpaired) electrons. The molecule has 0 atom stereocenters. The molecule has 0 spiro atoms. The molecule has 1 aliphatic rings. The van der Waals surface area contributed by atoms with Gasteiger partial charge in [-0.1, -0.05) is 0 Å². The van der Waals surface area contributed by atoms with Crippen molar-refractivity contribution in [3.05, 3.63) is 46.6 Å². The molecule has 1 amide bonds. The number of nitrogens with one attached hydrogen (secondary N) is 1. The number of carbonyl (C=O) groups excluding carboxylic acids is 1. The highest BCUT2D eigenvalue weighted by Gasteiger charge is 2.32. The molecule has 0 saturated carbocycles. The summed E-state index contributed by atoms with van der Waals surface area (Å²) < 4.78 is 40.6. The summed E-state index contributed by atoms with van der Waals surface area (Å²) in [5, 5.41) is 2.69. The van der Waals surface area contributed by atoms with Gasteiger partial charge >= 0.3 is 0 Å². The first-order valence-corrected chi connectivity index (χ1v) is 9.78. The maximum Gasteiger partial charge on any atom is 0.273 e. The lowest BCUT2D eigenvalue weighted by atomic mass is 10.2. The van der Waals surface area contributed by atoms with E-state index in [9.17, 15) is 17.6 Å². The number of fused-ring (bicyclic) bond motifs is 1. The van der Waals surface area contributed by atoms with Crippen LogP contribution in [0.25, 0.3) is 0 Å². The number of benzene rings is 1. The van der Waals surface area contributed by atoms with Gasteiger partial charge in [-0.25, -0.2) is 12.8 Å². The van der Waals surface area contributed by atoms with E-state index < -0.39 is 10.0 Å². The quantitative estimate of drug-likeness (QED) is 0.881. The van der Waals surface area contributed by atoms with Gasteiger partial charge in [0.15, 0.2) is 0 Å². The fourth-order valence-electron chi connectivity index (χ4n) is 2.69. The van der Waals surface area contributed by atoms with Crippen molar-refractivity contribution in [1.29, 1.82) is 0 Å². The van der Waals surface area contributed by atoms with Crippen molar-refractivity contribution in [3.8, 4) is 0 Å². The molecule has 0 bridgehead atoms. The number of sulfonamides is 1. The molecule has 8 heteroatoms. The Bertz CT molecular complexity index is 877. The Morgan fingerprint density at radius 2 is 2.12 bits per heavy atom. The van der Waals surface area contributed by atoms with Gasteiger partial charge in [0.25, 0.3) is 10.0 Å². The van der Waals surface area contributed by atoms with Gasteiger partial charge in [-0.05, 0) is 48.7 Å². The van der Waals surface area contributed by atoms with Gasteiger partial charge in [-0.3, -0.25) is 9.10 Å². The van der Waals surface area contributed by atoms with E-state index in [4.69, 9.17) is 0 Å². The van der Waals surface area contributed by atoms with E-state index in [1.807, 2.05) is 0 Å². The summed E-state index contributed by atoms with van der Waals surface area (Å²) in [6.07, 6.45) is 1.09. The van der Waals surface area contributed by atoms with E-state index in [-0.39, 0.29) is 15.9 Å². The molecule has 3 rings (SSSR count). The number of hydrogen-bond donors (Lipinski definition) is 1. The van der Waals surface area contributed by atoms with Crippen LogP contribution in [-0.2, 0) is 27.7 Å². The number of rotatable bonds is 5. The summed E-state index contributed by atoms with van der Waals surface area (Å²) >= 11 is 1.20. The van der Waals surface area contributed by atoms with Crippen molar-refractivity contribution in [2.24, 2.45) is 0 Å². The van der Waals surface area contributed by atoms with E-state index in [0.717, 1.165) is 4.88 Å². The first kappa shape index (κ1) is 16.9. The van der Waals surface area contributed by atoms with E-state index >= 15 is 0 Å². The Balaban J connectivity index is 1.80. The molecule has 1 N–H and O–H groups in total. The first-order chi connectivity index (χ1) is 11.4. The van der Waals surface area contributed by atoms with Gasteiger partial charge in [-0.2, -0.15) is 0 Å². The molecule has 1 aromatic heterocycles. The fraction of sp³-hybridized carbons (Fsp3) is 0.312. The highest BCUT2D eigenvalue weighted by molar-refractivity contribution is 7.94. The Labute approximate surface area is 144 Å². The van der Waals surface area contributed by atoms with E-state index in [2.05, 4.69) is 5.32 Å². The van der Waals surface area contributed by atoms with Crippen LogP contribution >= 0.6 is 11.3 Å². The predicted octanol–water partition coefficient (Wildman–Crippen LogP) is 2.32. The van der Waals surface area contributed by atoms with Crippen LogP contribution in [0, 0.1) is 5.82 Å². The van der Waals surface area contributed by atoms with Crippen LogP contribution < -0.4 is 9.62 Å². The Kier molecular flexibility index (Phi) is 4.60. The zero-order chi connectivity index (χ0) is 17.3. The third-order valence-corrected chi connectivity index (χ3v) is 7.25. The second-order valence-corrected chi connectivity index (χ2v) is 8.81. The molecule has 24 heavy (non-hydrogen) atoms. The van der Waals surface area contributed by atoms with E-state index in [1.54, 1.807) is 12.1 Å². The van der Waals surface area contributed by atoms with Crippen molar-refractivity contribution in [2.75, 3.05) is 17.4 Å². The zero-order valence-corrected chi connectivity index (χ0v) is 14.7. The van der Waals surface area contributed by atoms with Gasteiger partial charge in [0.2, 0.25) is 5.91 Å². The Hall–Kier alpha value is -1.93. The molecule has 2 aromatic rings. The largest absolute Gasteiger partial charge is 0.356 e. The lowest BCUT2D eigenvalue weighted by Crippen LogP contribution is -2.28. The number of hydrogen-bond acceptors (Lipinski definition) is 4. The third-order valence-electron chi connectivity index (χ3n) is 3.82. The topological polar surface area (TPSA) is 66.5 Å². The van der Waals surface area contributed by atoms with Crippen molar-refractivity contribution in [1.82, 2.24) is 5.32 Å².